The van der Waals surface area contributed by atoms with Gasteiger partial charge in [0.05, 0.1) is 23.3 Å². The van der Waals surface area contributed by atoms with E-state index in [2.05, 4.69) is 6.92 Å². The van der Waals surface area contributed by atoms with Crippen LogP contribution in [-0.2, 0) is 22.3 Å². The SMILES string of the molecule is CCCCCCCOC(=O)c1ccccc1C(=O)OCc1ccccc1C(F)(F)F. The molecule has 0 aliphatic heterocycles. The molecular formula is C23H25F3O4. The summed E-state index contributed by atoms with van der Waals surface area (Å²) in [5, 5.41) is 0. The lowest BCUT2D eigenvalue weighted by molar-refractivity contribution is -0.138. The molecule has 0 bridgehead atoms. The zero-order valence-corrected chi connectivity index (χ0v) is 16.8. The first kappa shape index (κ1) is 23.4. The summed E-state index contributed by atoms with van der Waals surface area (Å²) >= 11 is 0. The Labute approximate surface area is 174 Å². The largest absolute Gasteiger partial charge is 0.462 e. The number of esters is 2. The molecule has 0 aliphatic rings. The lowest BCUT2D eigenvalue weighted by Gasteiger charge is -2.13. The Balaban J connectivity index is 2.00. The first-order valence-electron chi connectivity index (χ1n) is 9.93. The van der Waals surface area contributed by atoms with Gasteiger partial charge >= 0.3 is 18.1 Å². The van der Waals surface area contributed by atoms with Gasteiger partial charge in [-0.25, -0.2) is 9.59 Å². The maximum Gasteiger partial charge on any atom is 0.416 e. The summed E-state index contributed by atoms with van der Waals surface area (Å²) in [7, 11) is 0. The van der Waals surface area contributed by atoms with Crippen LogP contribution in [0.4, 0.5) is 13.2 Å². The Hall–Kier alpha value is -2.83. The van der Waals surface area contributed by atoms with E-state index in [1.165, 1.54) is 30.3 Å². The van der Waals surface area contributed by atoms with Gasteiger partial charge in [0.15, 0.2) is 0 Å². The minimum atomic E-state index is -4.55. The summed E-state index contributed by atoms with van der Waals surface area (Å²) < 4.78 is 49.5. The maximum atomic E-state index is 13.1. The smallest absolute Gasteiger partial charge is 0.416 e. The number of alkyl halides is 3. The summed E-state index contributed by atoms with van der Waals surface area (Å²) in [4.78, 5) is 24.8. The van der Waals surface area contributed by atoms with Crippen molar-refractivity contribution < 1.29 is 32.2 Å². The topological polar surface area (TPSA) is 52.6 Å². The Morgan fingerprint density at radius 2 is 1.37 bits per heavy atom. The molecule has 0 spiro atoms. The predicted molar refractivity (Wildman–Crippen MR) is 106 cm³/mol. The molecule has 30 heavy (non-hydrogen) atoms. The average molecular weight is 422 g/mol. The van der Waals surface area contributed by atoms with Crippen molar-refractivity contribution in [2.24, 2.45) is 0 Å². The lowest BCUT2D eigenvalue weighted by Crippen LogP contribution is -2.16. The van der Waals surface area contributed by atoms with Gasteiger partial charge in [-0.3, -0.25) is 0 Å². The molecule has 0 fully saturated rings. The summed E-state index contributed by atoms with van der Waals surface area (Å²) in [6.45, 7) is 1.79. The van der Waals surface area contributed by atoms with Crippen molar-refractivity contribution >= 4 is 11.9 Å². The molecule has 0 atom stereocenters. The van der Waals surface area contributed by atoms with Crippen LogP contribution in [0.2, 0.25) is 0 Å². The van der Waals surface area contributed by atoms with Crippen molar-refractivity contribution in [1.82, 2.24) is 0 Å². The van der Waals surface area contributed by atoms with Crippen LogP contribution in [0.25, 0.3) is 0 Å². The molecule has 0 radical (unpaired) electrons. The third-order valence-electron chi connectivity index (χ3n) is 4.53. The van der Waals surface area contributed by atoms with Crippen LogP contribution in [0, 0.1) is 0 Å². The number of hydrogen-bond donors (Lipinski definition) is 0. The fraction of sp³-hybridized carbons (Fsp3) is 0.391. The number of halogens is 3. The molecule has 0 heterocycles. The molecule has 0 aliphatic carbocycles. The van der Waals surface area contributed by atoms with Gasteiger partial charge in [0.25, 0.3) is 0 Å². The highest BCUT2D eigenvalue weighted by Gasteiger charge is 2.33. The van der Waals surface area contributed by atoms with E-state index in [0.29, 0.717) is 0 Å². The third kappa shape index (κ3) is 6.90. The Bertz CT molecular complexity index is 846. The van der Waals surface area contributed by atoms with E-state index in [9.17, 15) is 22.8 Å². The fourth-order valence-electron chi connectivity index (χ4n) is 2.93. The molecule has 0 aromatic heterocycles. The zero-order valence-electron chi connectivity index (χ0n) is 16.8. The molecule has 0 saturated heterocycles. The first-order valence-corrected chi connectivity index (χ1v) is 9.93. The minimum Gasteiger partial charge on any atom is -0.462 e. The van der Waals surface area contributed by atoms with E-state index < -0.39 is 30.3 Å². The lowest BCUT2D eigenvalue weighted by atomic mass is 10.1. The highest BCUT2D eigenvalue weighted by Crippen LogP contribution is 2.32. The van der Waals surface area contributed by atoms with Gasteiger partial charge in [-0.1, -0.05) is 62.9 Å². The Kier molecular flexibility index (Phi) is 8.89. The van der Waals surface area contributed by atoms with Crippen molar-refractivity contribution in [3.05, 3.63) is 70.8 Å². The predicted octanol–water partition coefficient (Wildman–Crippen LogP) is 6.19. The van der Waals surface area contributed by atoms with E-state index in [1.54, 1.807) is 12.1 Å². The molecule has 2 aromatic rings. The summed E-state index contributed by atoms with van der Waals surface area (Å²) in [6.07, 6.45) is 0.428. The second-order valence-electron chi connectivity index (χ2n) is 6.83. The zero-order chi connectivity index (χ0) is 22.0. The van der Waals surface area contributed by atoms with Crippen molar-refractivity contribution in [3.63, 3.8) is 0 Å². The number of hydrogen-bond acceptors (Lipinski definition) is 4. The van der Waals surface area contributed by atoms with Crippen molar-refractivity contribution in [3.8, 4) is 0 Å². The van der Waals surface area contributed by atoms with Gasteiger partial charge in [-0.05, 0) is 24.6 Å². The van der Waals surface area contributed by atoms with Crippen LogP contribution < -0.4 is 0 Å². The monoisotopic (exact) mass is 422 g/mol. The van der Waals surface area contributed by atoms with Crippen LogP contribution >= 0.6 is 0 Å². The second-order valence-corrected chi connectivity index (χ2v) is 6.83. The van der Waals surface area contributed by atoms with Crippen LogP contribution in [0.5, 0.6) is 0 Å². The minimum absolute atomic E-state index is 0.0279. The van der Waals surface area contributed by atoms with Crippen LogP contribution in [-0.4, -0.2) is 18.5 Å². The van der Waals surface area contributed by atoms with E-state index in [4.69, 9.17) is 9.47 Å². The number of carbonyl (C=O) groups is 2. The molecule has 7 heteroatoms. The number of carbonyl (C=O) groups excluding carboxylic acids is 2. The maximum absolute atomic E-state index is 13.1. The summed E-state index contributed by atoms with van der Waals surface area (Å²) in [5.74, 6) is -1.55. The molecule has 0 unspecified atom stereocenters. The van der Waals surface area contributed by atoms with Crippen molar-refractivity contribution in [2.75, 3.05) is 6.61 Å². The van der Waals surface area contributed by atoms with Gasteiger partial charge in [-0.15, -0.1) is 0 Å². The van der Waals surface area contributed by atoms with Gasteiger partial charge in [-0.2, -0.15) is 13.2 Å². The average Bonchev–Trinajstić information content (AvgIpc) is 2.74. The standard InChI is InChI=1S/C23H25F3O4/c1-2-3-4-5-10-15-29-21(27)18-12-7-8-13-19(18)22(28)30-16-17-11-6-9-14-20(17)23(24,25)26/h6-9,11-14H,2-5,10,15-16H2,1H3. The molecule has 0 amide bonds. The van der Waals surface area contributed by atoms with E-state index in [0.717, 1.165) is 38.2 Å². The van der Waals surface area contributed by atoms with Crippen LogP contribution in [0.1, 0.15) is 70.9 Å². The molecule has 4 nitrogen and oxygen atoms in total. The van der Waals surface area contributed by atoms with Gasteiger partial charge in [0, 0.05) is 5.56 Å². The fourth-order valence-corrected chi connectivity index (χ4v) is 2.93. The highest BCUT2D eigenvalue weighted by molar-refractivity contribution is 6.03. The van der Waals surface area contributed by atoms with E-state index in [-0.39, 0.29) is 23.3 Å². The quantitative estimate of drug-likeness (QED) is 0.338. The van der Waals surface area contributed by atoms with Crippen LogP contribution in [0.15, 0.2) is 48.5 Å². The van der Waals surface area contributed by atoms with Gasteiger partial charge < -0.3 is 9.47 Å². The highest BCUT2D eigenvalue weighted by atomic mass is 19.4. The van der Waals surface area contributed by atoms with Gasteiger partial charge in [0.2, 0.25) is 0 Å². The number of unbranched alkanes of at least 4 members (excludes halogenated alkanes) is 4. The normalized spacial score (nSPS) is 11.2. The molecular weight excluding hydrogens is 397 g/mol. The summed E-state index contributed by atoms with van der Waals surface area (Å²) in [5.41, 5.74) is -1.04. The van der Waals surface area contributed by atoms with Crippen molar-refractivity contribution in [1.29, 1.82) is 0 Å². The van der Waals surface area contributed by atoms with E-state index in [1.807, 2.05) is 0 Å². The third-order valence-corrected chi connectivity index (χ3v) is 4.53. The van der Waals surface area contributed by atoms with Gasteiger partial charge in [0.1, 0.15) is 6.61 Å². The van der Waals surface area contributed by atoms with Crippen molar-refractivity contribution in [2.45, 2.75) is 51.8 Å². The number of benzene rings is 2. The van der Waals surface area contributed by atoms with E-state index >= 15 is 0 Å². The number of ether oxygens (including phenoxy) is 2. The Morgan fingerprint density at radius 1 is 0.800 bits per heavy atom. The molecule has 0 saturated carbocycles. The second kappa shape index (κ2) is 11.4. The molecule has 2 aromatic carbocycles. The Morgan fingerprint density at radius 3 is 2.00 bits per heavy atom. The summed E-state index contributed by atoms with van der Waals surface area (Å²) in [6, 6.07) is 10.8. The molecule has 162 valence electrons. The molecule has 2 rings (SSSR count). The molecule has 0 N–H and O–H groups in total. The number of rotatable bonds is 10. The first-order chi connectivity index (χ1) is 14.3. The van der Waals surface area contributed by atoms with Crippen LogP contribution in [0.3, 0.4) is 0 Å².